The van der Waals surface area contributed by atoms with Crippen molar-refractivity contribution >= 4 is 11.9 Å². The predicted octanol–water partition coefficient (Wildman–Crippen LogP) is 3.20. The highest BCUT2D eigenvalue weighted by atomic mass is 16.4. The van der Waals surface area contributed by atoms with E-state index in [2.05, 4.69) is 0 Å². The number of piperidine rings is 1. The molecule has 0 atom stereocenters. The second-order valence-corrected chi connectivity index (χ2v) is 7.56. The molecule has 1 amide bonds. The number of aliphatic carboxylic acids is 1. The van der Waals surface area contributed by atoms with Gasteiger partial charge in [-0.15, -0.1) is 0 Å². The van der Waals surface area contributed by atoms with Crippen LogP contribution in [-0.2, 0) is 9.59 Å². The Morgan fingerprint density at radius 2 is 1.48 bits per heavy atom. The third-order valence-electron chi connectivity index (χ3n) is 6.34. The Balaban J connectivity index is 1.54. The molecule has 0 aromatic rings. The topological polar surface area (TPSA) is 57.6 Å². The van der Waals surface area contributed by atoms with Gasteiger partial charge in [-0.05, 0) is 43.9 Å². The van der Waals surface area contributed by atoms with E-state index in [0.29, 0.717) is 18.3 Å². The first-order valence-electron chi connectivity index (χ1n) is 8.57. The summed E-state index contributed by atoms with van der Waals surface area (Å²) < 4.78 is 0. The number of hydrogen-bond donors (Lipinski definition) is 1. The maximum absolute atomic E-state index is 12.4. The zero-order valence-electron chi connectivity index (χ0n) is 12.9. The minimum atomic E-state index is -0.775. The number of rotatable bonds is 3. The molecule has 0 aromatic carbocycles. The molecule has 1 saturated heterocycles. The smallest absolute Gasteiger partial charge is 0.310 e. The van der Waals surface area contributed by atoms with E-state index >= 15 is 0 Å². The van der Waals surface area contributed by atoms with Gasteiger partial charge >= 0.3 is 5.97 Å². The van der Waals surface area contributed by atoms with E-state index in [-0.39, 0.29) is 12.3 Å². The van der Waals surface area contributed by atoms with Crippen LogP contribution < -0.4 is 0 Å². The Hall–Kier alpha value is -1.06. The van der Waals surface area contributed by atoms with Crippen molar-refractivity contribution in [3.63, 3.8) is 0 Å². The molecule has 0 bridgehead atoms. The van der Waals surface area contributed by atoms with Gasteiger partial charge < -0.3 is 10.0 Å². The second kappa shape index (κ2) is 5.62. The van der Waals surface area contributed by atoms with E-state index in [1.807, 2.05) is 4.90 Å². The van der Waals surface area contributed by atoms with Gasteiger partial charge in [0.25, 0.3) is 0 Å². The van der Waals surface area contributed by atoms with Gasteiger partial charge in [0.2, 0.25) is 5.91 Å². The van der Waals surface area contributed by atoms with Gasteiger partial charge in [0.05, 0.1) is 5.41 Å². The Morgan fingerprint density at radius 3 is 1.95 bits per heavy atom. The van der Waals surface area contributed by atoms with E-state index in [9.17, 15) is 14.7 Å². The van der Waals surface area contributed by atoms with E-state index in [0.717, 1.165) is 32.4 Å². The maximum Gasteiger partial charge on any atom is 0.310 e. The quantitative estimate of drug-likeness (QED) is 0.869. The summed E-state index contributed by atoms with van der Waals surface area (Å²) in [4.78, 5) is 25.8. The molecule has 118 valence electrons. The lowest BCUT2D eigenvalue weighted by molar-refractivity contribution is -0.160. The fraction of sp³-hybridized carbons (Fsp3) is 0.882. The molecule has 3 fully saturated rings. The third kappa shape index (κ3) is 2.82. The lowest BCUT2D eigenvalue weighted by Crippen LogP contribution is -2.48. The van der Waals surface area contributed by atoms with Crippen LogP contribution in [0.1, 0.15) is 70.6 Å². The van der Waals surface area contributed by atoms with Crippen LogP contribution >= 0.6 is 0 Å². The Labute approximate surface area is 126 Å². The monoisotopic (exact) mass is 293 g/mol. The van der Waals surface area contributed by atoms with Crippen molar-refractivity contribution in [2.45, 2.75) is 70.6 Å². The van der Waals surface area contributed by atoms with Crippen molar-refractivity contribution in [3.8, 4) is 0 Å². The molecule has 2 aliphatic carbocycles. The van der Waals surface area contributed by atoms with E-state index < -0.39 is 11.4 Å². The van der Waals surface area contributed by atoms with E-state index in [1.54, 1.807) is 0 Å². The average molecular weight is 293 g/mol. The molecular weight excluding hydrogens is 266 g/mol. The van der Waals surface area contributed by atoms with E-state index in [4.69, 9.17) is 0 Å². The zero-order chi connectivity index (χ0) is 14.9. The molecule has 0 radical (unpaired) electrons. The number of nitrogens with zero attached hydrogens (tertiary/aromatic N) is 1. The number of amides is 1. The third-order valence-corrected chi connectivity index (χ3v) is 6.34. The minimum Gasteiger partial charge on any atom is -0.481 e. The lowest BCUT2D eigenvalue weighted by Gasteiger charge is -2.45. The molecule has 21 heavy (non-hydrogen) atoms. The number of hydrogen-bond acceptors (Lipinski definition) is 2. The van der Waals surface area contributed by atoms with Gasteiger partial charge in [-0.25, -0.2) is 0 Å². The van der Waals surface area contributed by atoms with Crippen LogP contribution in [0.3, 0.4) is 0 Å². The zero-order valence-corrected chi connectivity index (χ0v) is 12.9. The lowest BCUT2D eigenvalue weighted by atomic mass is 9.66. The number of carboxylic acids is 1. The summed E-state index contributed by atoms with van der Waals surface area (Å²) in [6.45, 7) is 1.68. The Kier molecular flexibility index (Phi) is 3.98. The summed E-state index contributed by atoms with van der Waals surface area (Å²) in [5.74, 6) is -0.703. The van der Waals surface area contributed by atoms with Crippen LogP contribution in [-0.4, -0.2) is 35.0 Å². The van der Waals surface area contributed by atoms with Crippen LogP contribution in [0.4, 0.5) is 0 Å². The molecule has 3 aliphatic rings. The fourth-order valence-corrected chi connectivity index (χ4v) is 4.50. The number of likely N-dealkylation sites (tertiary alicyclic amines) is 1. The average Bonchev–Trinajstić information content (AvgIpc) is 2.44. The molecule has 2 saturated carbocycles. The predicted molar refractivity (Wildman–Crippen MR) is 79.9 cm³/mol. The molecule has 4 nitrogen and oxygen atoms in total. The first-order valence-corrected chi connectivity index (χ1v) is 8.57. The van der Waals surface area contributed by atoms with Gasteiger partial charge in [0.1, 0.15) is 0 Å². The summed E-state index contributed by atoms with van der Waals surface area (Å²) in [5.41, 5.74) is -0.243. The van der Waals surface area contributed by atoms with Crippen molar-refractivity contribution in [2.24, 2.45) is 10.8 Å². The fourth-order valence-electron chi connectivity index (χ4n) is 4.50. The summed E-state index contributed by atoms with van der Waals surface area (Å²) in [6.07, 6.45) is 11.5. The first kappa shape index (κ1) is 14.9. The highest BCUT2D eigenvalue weighted by Gasteiger charge is 2.47. The van der Waals surface area contributed by atoms with Crippen molar-refractivity contribution in [2.75, 3.05) is 13.1 Å². The van der Waals surface area contributed by atoms with Crippen LogP contribution in [0.25, 0.3) is 0 Å². The number of carboxylic acid groups (broad SMARTS) is 1. The van der Waals surface area contributed by atoms with Crippen LogP contribution in [0.5, 0.6) is 0 Å². The number of carbonyl (C=O) groups excluding carboxylic acids is 1. The van der Waals surface area contributed by atoms with Gasteiger partial charge in [-0.3, -0.25) is 9.59 Å². The molecule has 1 heterocycles. The molecular formula is C17H27NO3. The SMILES string of the molecule is O=C(CC1(C(=O)O)CCC1)N1CCC2(CCCCC2)CC1. The summed E-state index contributed by atoms with van der Waals surface area (Å²) in [5, 5.41) is 9.36. The Bertz CT molecular complexity index is 412. The Morgan fingerprint density at radius 1 is 0.857 bits per heavy atom. The summed E-state index contributed by atoms with van der Waals surface area (Å²) in [7, 11) is 0. The normalized spacial score (nSPS) is 27.1. The van der Waals surface area contributed by atoms with Gasteiger partial charge in [-0.2, -0.15) is 0 Å². The maximum atomic E-state index is 12.4. The van der Waals surface area contributed by atoms with Crippen molar-refractivity contribution < 1.29 is 14.7 Å². The van der Waals surface area contributed by atoms with Crippen molar-refractivity contribution in [3.05, 3.63) is 0 Å². The van der Waals surface area contributed by atoms with Crippen LogP contribution in [0, 0.1) is 10.8 Å². The standard InChI is InChI=1S/C17H27NO3/c19-14(13-17(15(20)21)7-4-8-17)18-11-9-16(10-12-18)5-2-1-3-6-16/h1-13H2,(H,20,21). The highest BCUT2D eigenvalue weighted by molar-refractivity contribution is 5.85. The summed E-state index contributed by atoms with van der Waals surface area (Å²) in [6, 6.07) is 0. The van der Waals surface area contributed by atoms with Gasteiger partial charge in [-0.1, -0.05) is 25.7 Å². The second-order valence-electron chi connectivity index (χ2n) is 7.56. The molecule has 1 N–H and O–H groups in total. The number of carbonyl (C=O) groups is 2. The molecule has 0 aromatic heterocycles. The van der Waals surface area contributed by atoms with Gasteiger partial charge in [0.15, 0.2) is 0 Å². The molecule has 3 rings (SSSR count). The largest absolute Gasteiger partial charge is 0.481 e. The highest BCUT2D eigenvalue weighted by Crippen LogP contribution is 2.47. The molecule has 4 heteroatoms. The van der Waals surface area contributed by atoms with Crippen molar-refractivity contribution in [1.82, 2.24) is 4.90 Å². The van der Waals surface area contributed by atoms with Gasteiger partial charge in [0, 0.05) is 19.5 Å². The molecule has 0 unspecified atom stereocenters. The summed E-state index contributed by atoms with van der Waals surface area (Å²) >= 11 is 0. The van der Waals surface area contributed by atoms with E-state index in [1.165, 1.54) is 32.1 Å². The first-order chi connectivity index (χ1) is 10.1. The van der Waals surface area contributed by atoms with Crippen LogP contribution in [0.15, 0.2) is 0 Å². The molecule has 1 spiro atoms. The van der Waals surface area contributed by atoms with Crippen molar-refractivity contribution in [1.29, 1.82) is 0 Å². The minimum absolute atomic E-state index is 0.0720. The molecule has 1 aliphatic heterocycles. The van der Waals surface area contributed by atoms with Crippen LogP contribution in [0.2, 0.25) is 0 Å².